The molecule has 3 fully saturated rings. The van der Waals surface area contributed by atoms with Crippen molar-refractivity contribution in [3.63, 3.8) is 0 Å². The van der Waals surface area contributed by atoms with Gasteiger partial charge in [-0.3, -0.25) is 9.59 Å². The summed E-state index contributed by atoms with van der Waals surface area (Å²) in [6.45, 7) is 3.39. The summed E-state index contributed by atoms with van der Waals surface area (Å²) < 4.78 is 5.31. The van der Waals surface area contributed by atoms with Gasteiger partial charge >= 0.3 is 0 Å². The fraction of sp³-hybridized carbons (Fsp3) is 0.600. The van der Waals surface area contributed by atoms with Crippen LogP contribution in [0, 0.1) is 17.8 Å². The monoisotopic (exact) mass is 357 g/mol. The molecule has 1 aromatic rings. The van der Waals surface area contributed by atoms with Crippen molar-refractivity contribution in [3.8, 4) is 0 Å². The normalized spacial score (nSPS) is 28.5. The minimum atomic E-state index is -0.0644. The molecule has 6 nitrogen and oxygen atoms in total. The number of amides is 2. The zero-order valence-electron chi connectivity index (χ0n) is 15.0. The Kier molecular flexibility index (Phi) is 5.22. The van der Waals surface area contributed by atoms with Gasteiger partial charge in [0.1, 0.15) is 0 Å². The first-order valence-corrected chi connectivity index (χ1v) is 9.69. The van der Waals surface area contributed by atoms with Crippen molar-refractivity contribution in [2.75, 3.05) is 31.6 Å². The Morgan fingerprint density at radius 1 is 1.04 bits per heavy atom. The Bertz CT molecular complexity index is 655. The van der Waals surface area contributed by atoms with Crippen LogP contribution in [0.25, 0.3) is 0 Å². The van der Waals surface area contributed by atoms with Crippen molar-refractivity contribution >= 4 is 17.5 Å². The second kappa shape index (κ2) is 7.76. The average Bonchev–Trinajstić information content (AvgIpc) is 2.96. The topological polar surface area (TPSA) is 79.5 Å². The van der Waals surface area contributed by atoms with E-state index in [1.807, 2.05) is 12.1 Å². The van der Waals surface area contributed by atoms with E-state index in [9.17, 15) is 9.59 Å². The molecule has 6 heteroatoms. The SMILES string of the molecule is O=C(NC1CCOCC1)c1ccc(NC(=O)C2CC3CNCC2C3)cc1. The number of anilines is 1. The summed E-state index contributed by atoms with van der Waals surface area (Å²) in [5.74, 6) is 1.25. The second-order valence-electron chi connectivity index (χ2n) is 7.79. The standard InChI is InChI=1S/C20H27N3O3/c24-19(22-17-5-7-26-8-6-17)14-1-3-16(4-2-14)23-20(25)18-10-13-9-15(18)12-21-11-13/h1-4,13,15,17-18,21H,5-12H2,(H,22,24)(H,23,25). The van der Waals surface area contributed by atoms with Crippen molar-refractivity contribution < 1.29 is 14.3 Å². The van der Waals surface area contributed by atoms with Gasteiger partial charge in [0.05, 0.1) is 0 Å². The summed E-state index contributed by atoms with van der Waals surface area (Å²) in [4.78, 5) is 24.9. The summed E-state index contributed by atoms with van der Waals surface area (Å²) in [7, 11) is 0. The van der Waals surface area contributed by atoms with E-state index in [4.69, 9.17) is 4.74 Å². The lowest BCUT2D eigenvalue weighted by molar-refractivity contribution is -0.120. The maximum Gasteiger partial charge on any atom is 0.251 e. The highest BCUT2D eigenvalue weighted by Crippen LogP contribution is 2.38. The van der Waals surface area contributed by atoms with Gasteiger partial charge in [-0.15, -0.1) is 0 Å². The number of piperidine rings is 1. The van der Waals surface area contributed by atoms with Gasteiger partial charge in [-0.2, -0.15) is 0 Å². The number of carbonyl (C=O) groups is 2. The number of rotatable bonds is 4. The molecule has 2 heterocycles. The molecular weight excluding hydrogens is 330 g/mol. The quantitative estimate of drug-likeness (QED) is 0.767. The molecule has 3 atom stereocenters. The summed E-state index contributed by atoms with van der Waals surface area (Å²) in [5.41, 5.74) is 1.38. The van der Waals surface area contributed by atoms with Gasteiger partial charge in [-0.05, 0) is 74.9 Å². The van der Waals surface area contributed by atoms with E-state index >= 15 is 0 Å². The van der Waals surface area contributed by atoms with E-state index in [2.05, 4.69) is 16.0 Å². The molecule has 1 aliphatic carbocycles. The number of fused-ring (bicyclic) bond motifs is 2. The Labute approximate surface area is 154 Å². The Hall–Kier alpha value is -1.92. The maximum absolute atomic E-state index is 12.6. The van der Waals surface area contributed by atoms with Gasteiger partial charge in [-0.25, -0.2) is 0 Å². The molecule has 4 rings (SSSR count). The smallest absolute Gasteiger partial charge is 0.251 e. The third-order valence-corrected chi connectivity index (χ3v) is 5.94. The molecule has 140 valence electrons. The van der Waals surface area contributed by atoms with Gasteiger partial charge in [0.2, 0.25) is 5.91 Å². The van der Waals surface area contributed by atoms with Crippen molar-refractivity contribution in [2.24, 2.45) is 17.8 Å². The molecule has 3 aliphatic rings. The number of benzene rings is 1. The predicted octanol–water partition coefficient (Wildman–Crippen LogP) is 1.78. The number of hydrogen-bond acceptors (Lipinski definition) is 4. The zero-order chi connectivity index (χ0) is 17.9. The largest absolute Gasteiger partial charge is 0.381 e. The molecule has 2 saturated heterocycles. The van der Waals surface area contributed by atoms with Crippen LogP contribution in [-0.4, -0.2) is 44.2 Å². The Morgan fingerprint density at radius 2 is 1.81 bits per heavy atom. The fourth-order valence-corrected chi connectivity index (χ4v) is 4.48. The molecule has 3 N–H and O–H groups in total. The molecule has 1 saturated carbocycles. The molecule has 2 aliphatic heterocycles. The first-order chi connectivity index (χ1) is 12.7. The lowest BCUT2D eigenvalue weighted by Gasteiger charge is -2.23. The van der Waals surface area contributed by atoms with Crippen molar-refractivity contribution in [1.29, 1.82) is 0 Å². The van der Waals surface area contributed by atoms with Crippen LogP contribution < -0.4 is 16.0 Å². The highest BCUT2D eigenvalue weighted by Gasteiger charge is 2.40. The molecule has 0 spiro atoms. The first kappa shape index (κ1) is 17.5. The van der Waals surface area contributed by atoms with E-state index in [1.54, 1.807) is 12.1 Å². The summed E-state index contributed by atoms with van der Waals surface area (Å²) >= 11 is 0. The van der Waals surface area contributed by atoms with Crippen molar-refractivity contribution in [3.05, 3.63) is 29.8 Å². The number of hydrogen-bond donors (Lipinski definition) is 3. The van der Waals surface area contributed by atoms with Gasteiger partial charge in [0, 0.05) is 36.4 Å². The summed E-state index contributed by atoms with van der Waals surface area (Å²) in [6, 6.07) is 7.37. The fourth-order valence-electron chi connectivity index (χ4n) is 4.48. The van der Waals surface area contributed by atoms with Crippen molar-refractivity contribution in [2.45, 2.75) is 31.7 Å². The molecule has 26 heavy (non-hydrogen) atoms. The molecule has 0 radical (unpaired) electrons. The van der Waals surface area contributed by atoms with E-state index in [0.29, 0.717) is 30.6 Å². The van der Waals surface area contributed by atoms with E-state index in [-0.39, 0.29) is 23.8 Å². The molecule has 1 aromatic carbocycles. The predicted molar refractivity (Wildman–Crippen MR) is 99.0 cm³/mol. The number of carbonyl (C=O) groups excluding carboxylic acids is 2. The van der Waals surface area contributed by atoms with Crippen LogP contribution >= 0.6 is 0 Å². The zero-order valence-corrected chi connectivity index (χ0v) is 15.0. The number of nitrogens with one attached hydrogen (secondary N) is 3. The van der Waals surface area contributed by atoms with Gasteiger partial charge in [0.15, 0.2) is 0 Å². The first-order valence-electron chi connectivity index (χ1n) is 9.69. The highest BCUT2D eigenvalue weighted by molar-refractivity contribution is 5.96. The summed E-state index contributed by atoms with van der Waals surface area (Å²) in [5, 5.41) is 9.50. The van der Waals surface area contributed by atoms with Crippen LogP contribution in [-0.2, 0) is 9.53 Å². The van der Waals surface area contributed by atoms with Crippen LogP contribution in [0.15, 0.2) is 24.3 Å². The lowest BCUT2D eigenvalue weighted by Crippen LogP contribution is -2.38. The average molecular weight is 357 g/mol. The van der Waals surface area contributed by atoms with E-state index in [1.165, 1.54) is 0 Å². The summed E-state index contributed by atoms with van der Waals surface area (Å²) in [6.07, 6.45) is 3.86. The van der Waals surface area contributed by atoms with Gasteiger partial charge in [-0.1, -0.05) is 0 Å². The molecule has 2 amide bonds. The molecule has 0 aromatic heterocycles. The van der Waals surface area contributed by atoms with Gasteiger partial charge < -0.3 is 20.7 Å². The third-order valence-electron chi connectivity index (χ3n) is 5.94. The van der Waals surface area contributed by atoms with Crippen molar-refractivity contribution in [1.82, 2.24) is 10.6 Å². The Morgan fingerprint density at radius 3 is 2.54 bits per heavy atom. The van der Waals surface area contributed by atoms with Crippen LogP contribution in [0.1, 0.15) is 36.0 Å². The molecular formula is C20H27N3O3. The van der Waals surface area contributed by atoms with Crippen LogP contribution in [0.3, 0.4) is 0 Å². The molecule has 2 bridgehead atoms. The van der Waals surface area contributed by atoms with Gasteiger partial charge in [0.25, 0.3) is 5.91 Å². The Balaban J connectivity index is 1.32. The lowest BCUT2D eigenvalue weighted by atomic mass is 9.94. The number of ether oxygens (including phenoxy) is 1. The highest BCUT2D eigenvalue weighted by atomic mass is 16.5. The second-order valence-corrected chi connectivity index (χ2v) is 7.79. The maximum atomic E-state index is 12.6. The molecule has 3 unspecified atom stereocenters. The van der Waals surface area contributed by atoms with E-state index < -0.39 is 0 Å². The van der Waals surface area contributed by atoms with E-state index in [0.717, 1.165) is 44.5 Å². The minimum Gasteiger partial charge on any atom is -0.381 e. The van der Waals surface area contributed by atoms with Crippen LogP contribution in [0.2, 0.25) is 0 Å². The third kappa shape index (κ3) is 3.91. The van der Waals surface area contributed by atoms with Crippen LogP contribution in [0.4, 0.5) is 5.69 Å². The van der Waals surface area contributed by atoms with Crippen LogP contribution in [0.5, 0.6) is 0 Å². The minimum absolute atomic E-state index is 0.0644.